The largest absolute Gasteiger partial charge is 0.300 e. The van der Waals surface area contributed by atoms with E-state index in [2.05, 4.69) is 23.6 Å². The number of hydrazine groups is 1. The molecule has 1 heterocycles. The van der Waals surface area contributed by atoms with Gasteiger partial charge in [0.1, 0.15) is 0 Å². The number of thiazole rings is 1. The van der Waals surface area contributed by atoms with Gasteiger partial charge in [0.05, 0.1) is 9.88 Å². The van der Waals surface area contributed by atoms with Crippen LogP contribution in [0.15, 0.2) is 25.3 Å². The van der Waals surface area contributed by atoms with E-state index in [4.69, 9.17) is 5.84 Å². The van der Waals surface area contributed by atoms with Crippen molar-refractivity contribution in [2.45, 2.75) is 13.8 Å². The third-order valence-electron chi connectivity index (χ3n) is 1.35. The SMILES string of the molecule is C=C/C=c1/nc(NN)s/c1=C/C=C.CC. The minimum absolute atomic E-state index is 0.682. The minimum atomic E-state index is 0.682. The predicted octanol–water partition coefficient (Wildman–Crippen LogP) is 1.39. The molecule has 15 heavy (non-hydrogen) atoms. The number of hydrogen-bond acceptors (Lipinski definition) is 4. The molecule has 0 aliphatic rings. The number of rotatable bonds is 3. The highest BCUT2D eigenvalue weighted by Crippen LogP contribution is 1.99. The van der Waals surface area contributed by atoms with Crippen LogP contribution in [0.1, 0.15) is 13.8 Å². The fourth-order valence-corrected chi connectivity index (χ4v) is 1.66. The highest BCUT2D eigenvalue weighted by atomic mass is 32.1. The molecule has 3 N–H and O–H groups in total. The Morgan fingerprint density at radius 1 is 1.27 bits per heavy atom. The zero-order chi connectivity index (χ0) is 11.7. The first-order valence-electron chi connectivity index (χ1n) is 4.70. The second-order valence-electron chi connectivity index (χ2n) is 2.22. The van der Waals surface area contributed by atoms with Crippen molar-refractivity contribution in [1.82, 2.24) is 4.98 Å². The molecule has 0 radical (unpaired) electrons. The Labute approximate surface area is 94.3 Å². The Kier molecular flexibility index (Phi) is 7.23. The summed E-state index contributed by atoms with van der Waals surface area (Å²) >= 11 is 1.47. The van der Waals surface area contributed by atoms with Gasteiger partial charge < -0.3 is 0 Å². The molecular formula is C11H17N3S. The van der Waals surface area contributed by atoms with Crippen molar-refractivity contribution in [1.29, 1.82) is 0 Å². The summed E-state index contributed by atoms with van der Waals surface area (Å²) < 4.78 is 1.02. The summed E-state index contributed by atoms with van der Waals surface area (Å²) in [4.78, 5) is 4.21. The summed E-state index contributed by atoms with van der Waals surface area (Å²) in [6.07, 6.45) is 7.12. The van der Waals surface area contributed by atoms with Gasteiger partial charge in [-0.3, -0.25) is 5.43 Å². The van der Waals surface area contributed by atoms with Crippen molar-refractivity contribution in [3.05, 3.63) is 35.2 Å². The van der Waals surface area contributed by atoms with Gasteiger partial charge in [-0.1, -0.05) is 50.5 Å². The molecule has 0 atom stereocenters. The highest BCUT2D eigenvalue weighted by molar-refractivity contribution is 7.13. The molecule has 0 fully saturated rings. The van der Waals surface area contributed by atoms with Gasteiger partial charge in [0, 0.05) is 0 Å². The molecule has 0 unspecified atom stereocenters. The average Bonchev–Trinajstić information content (AvgIpc) is 2.65. The second kappa shape index (κ2) is 7.96. The molecule has 0 spiro atoms. The van der Waals surface area contributed by atoms with Crippen LogP contribution in [0.2, 0.25) is 0 Å². The quantitative estimate of drug-likeness (QED) is 0.601. The number of nitrogens with zero attached hydrogens (tertiary/aromatic N) is 1. The van der Waals surface area contributed by atoms with Crippen molar-refractivity contribution < 1.29 is 0 Å². The molecule has 0 saturated carbocycles. The Bertz CT molecular complexity index is 380. The fraction of sp³-hybridized carbons (Fsp3) is 0.182. The van der Waals surface area contributed by atoms with E-state index in [-0.39, 0.29) is 0 Å². The van der Waals surface area contributed by atoms with Crippen LogP contribution < -0.4 is 21.1 Å². The molecular weight excluding hydrogens is 206 g/mol. The lowest BCUT2D eigenvalue weighted by Gasteiger charge is -1.85. The zero-order valence-electron chi connectivity index (χ0n) is 9.16. The number of anilines is 1. The van der Waals surface area contributed by atoms with Crippen LogP contribution >= 0.6 is 11.3 Å². The third kappa shape index (κ3) is 4.10. The van der Waals surface area contributed by atoms with Crippen LogP contribution in [-0.4, -0.2) is 4.98 Å². The lowest BCUT2D eigenvalue weighted by Crippen LogP contribution is -2.20. The van der Waals surface area contributed by atoms with Crippen LogP contribution in [0.4, 0.5) is 5.13 Å². The van der Waals surface area contributed by atoms with Gasteiger partial charge in [0.2, 0.25) is 0 Å². The fourth-order valence-electron chi connectivity index (χ4n) is 0.863. The van der Waals surface area contributed by atoms with E-state index in [0.717, 1.165) is 9.88 Å². The second-order valence-corrected chi connectivity index (χ2v) is 3.25. The van der Waals surface area contributed by atoms with E-state index in [1.165, 1.54) is 11.3 Å². The van der Waals surface area contributed by atoms with Gasteiger partial charge in [0.15, 0.2) is 5.13 Å². The Balaban J connectivity index is 0.000000921. The highest BCUT2D eigenvalue weighted by Gasteiger charge is 1.94. The molecule has 0 aliphatic heterocycles. The van der Waals surface area contributed by atoms with Crippen molar-refractivity contribution in [3.8, 4) is 0 Å². The van der Waals surface area contributed by atoms with E-state index in [9.17, 15) is 0 Å². The van der Waals surface area contributed by atoms with Crippen LogP contribution in [0.5, 0.6) is 0 Å². The van der Waals surface area contributed by atoms with E-state index in [0.29, 0.717) is 5.13 Å². The van der Waals surface area contributed by atoms with Gasteiger partial charge >= 0.3 is 0 Å². The molecule has 0 aliphatic carbocycles. The summed E-state index contributed by atoms with van der Waals surface area (Å²) in [5, 5.41) is 1.54. The number of hydrogen-bond donors (Lipinski definition) is 2. The monoisotopic (exact) mass is 223 g/mol. The third-order valence-corrected chi connectivity index (χ3v) is 2.32. The summed E-state index contributed by atoms with van der Waals surface area (Å²) in [6.45, 7) is 11.2. The lowest BCUT2D eigenvalue weighted by atomic mass is 10.4. The number of nitrogens with two attached hydrogens (primary N) is 1. The summed E-state index contributed by atoms with van der Waals surface area (Å²) in [5.41, 5.74) is 2.50. The smallest absolute Gasteiger partial charge is 0.198 e. The first-order chi connectivity index (χ1) is 7.31. The number of allylic oxidation sites excluding steroid dienone is 2. The Morgan fingerprint density at radius 2 is 1.87 bits per heavy atom. The number of aromatic nitrogens is 1. The van der Waals surface area contributed by atoms with Gasteiger partial charge in [-0.25, -0.2) is 10.8 Å². The minimum Gasteiger partial charge on any atom is -0.300 e. The topological polar surface area (TPSA) is 50.9 Å². The maximum atomic E-state index is 5.24. The zero-order valence-corrected chi connectivity index (χ0v) is 9.97. The lowest BCUT2D eigenvalue weighted by molar-refractivity contribution is 1.25. The van der Waals surface area contributed by atoms with Crippen molar-refractivity contribution >= 4 is 28.6 Å². The maximum absolute atomic E-state index is 5.24. The predicted molar refractivity (Wildman–Crippen MR) is 69.8 cm³/mol. The van der Waals surface area contributed by atoms with Gasteiger partial charge in [0.25, 0.3) is 0 Å². The van der Waals surface area contributed by atoms with Crippen LogP contribution in [0.25, 0.3) is 12.2 Å². The molecule has 0 bridgehead atoms. The molecule has 3 nitrogen and oxygen atoms in total. The van der Waals surface area contributed by atoms with Crippen LogP contribution in [-0.2, 0) is 0 Å². The van der Waals surface area contributed by atoms with Crippen molar-refractivity contribution in [2.75, 3.05) is 5.43 Å². The standard InChI is InChI=1S/C9H11N3S.C2H6/c1-3-5-7-8(6-4-2)13-9(11-7)12-10;1-2/h3-6H,1-2,10H2,(H,11,12);1-2H3/b7-5+,8-6+;. The summed E-state index contributed by atoms with van der Waals surface area (Å²) in [7, 11) is 0. The first kappa shape index (κ1) is 13.6. The van der Waals surface area contributed by atoms with E-state index < -0.39 is 0 Å². The van der Waals surface area contributed by atoms with Crippen LogP contribution in [0, 0.1) is 0 Å². The molecule has 1 aromatic rings. The van der Waals surface area contributed by atoms with E-state index in [1.807, 2.05) is 26.0 Å². The molecule has 1 rings (SSSR count). The molecule has 82 valence electrons. The summed E-state index contributed by atoms with van der Waals surface area (Å²) in [5.74, 6) is 5.24. The number of nitrogens with one attached hydrogen (secondary N) is 1. The maximum Gasteiger partial charge on any atom is 0.198 e. The first-order valence-corrected chi connectivity index (χ1v) is 5.52. The Morgan fingerprint density at radius 3 is 2.33 bits per heavy atom. The molecule has 0 amide bonds. The summed E-state index contributed by atoms with van der Waals surface area (Å²) in [6, 6.07) is 0. The average molecular weight is 223 g/mol. The van der Waals surface area contributed by atoms with Crippen molar-refractivity contribution in [2.24, 2.45) is 5.84 Å². The van der Waals surface area contributed by atoms with Crippen LogP contribution in [0.3, 0.4) is 0 Å². The van der Waals surface area contributed by atoms with Gasteiger partial charge in [-0.15, -0.1) is 0 Å². The molecule has 4 heteroatoms. The van der Waals surface area contributed by atoms with Gasteiger partial charge in [-0.05, 0) is 12.2 Å². The molecule has 0 aromatic carbocycles. The normalized spacial score (nSPS) is 11.7. The molecule has 1 aromatic heterocycles. The molecule has 0 saturated heterocycles. The van der Waals surface area contributed by atoms with Gasteiger partial charge in [-0.2, -0.15) is 0 Å². The van der Waals surface area contributed by atoms with Crippen molar-refractivity contribution in [3.63, 3.8) is 0 Å². The van der Waals surface area contributed by atoms with E-state index in [1.54, 1.807) is 12.2 Å². The van der Waals surface area contributed by atoms with E-state index >= 15 is 0 Å². The number of nitrogen functional groups attached to an aromatic ring is 1. The Hall–Kier alpha value is -1.39.